The summed E-state index contributed by atoms with van der Waals surface area (Å²) in [5.41, 5.74) is 8.91. The van der Waals surface area contributed by atoms with Gasteiger partial charge in [-0.2, -0.15) is 5.10 Å². The van der Waals surface area contributed by atoms with E-state index in [0.717, 1.165) is 27.7 Å². The summed E-state index contributed by atoms with van der Waals surface area (Å²) in [6, 6.07) is 5.59. The molecule has 134 valence electrons. The van der Waals surface area contributed by atoms with Gasteiger partial charge >= 0.3 is 0 Å². The fourth-order valence-corrected chi connectivity index (χ4v) is 3.01. The Hall–Kier alpha value is -2.80. The van der Waals surface area contributed by atoms with Crippen LogP contribution in [0.5, 0.6) is 5.88 Å². The molecule has 8 heteroatoms. The molecule has 1 aromatic carbocycles. The summed E-state index contributed by atoms with van der Waals surface area (Å²) < 4.78 is 12.7. The standard InChI is InChI=1S/C18H18ClN5O2/c1-9(2)8-25-18-14(19)4-11(7-21-18)24-15-6-16-13(17(20)23-26-16)5-12(15)10(3)22-24/h4-7,9H,8H2,1-3H3,(H2,20,23). The number of nitrogens with zero attached hydrogens (tertiary/aromatic N) is 4. The van der Waals surface area contributed by atoms with Crippen LogP contribution in [0.4, 0.5) is 5.82 Å². The fraction of sp³-hybridized carbons (Fsp3) is 0.278. The van der Waals surface area contributed by atoms with Gasteiger partial charge in [0.25, 0.3) is 0 Å². The normalized spacial score (nSPS) is 11.7. The molecule has 0 atom stereocenters. The number of ether oxygens (including phenoxy) is 1. The summed E-state index contributed by atoms with van der Waals surface area (Å²) in [5.74, 6) is 1.18. The lowest BCUT2D eigenvalue weighted by atomic mass is 10.1. The number of rotatable bonds is 4. The van der Waals surface area contributed by atoms with Crippen LogP contribution in [0, 0.1) is 12.8 Å². The van der Waals surface area contributed by atoms with E-state index in [1.165, 1.54) is 0 Å². The summed E-state index contributed by atoms with van der Waals surface area (Å²) in [4.78, 5) is 4.34. The van der Waals surface area contributed by atoms with Crippen LogP contribution in [0.25, 0.3) is 27.6 Å². The van der Waals surface area contributed by atoms with E-state index in [9.17, 15) is 0 Å². The van der Waals surface area contributed by atoms with Crippen LogP contribution < -0.4 is 10.5 Å². The minimum absolute atomic E-state index is 0.366. The van der Waals surface area contributed by atoms with Gasteiger partial charge in [-0.25, -0.2) is 9.67 Å². The third-order valence-electron chi connectivity index (χ3n) is 4.08. The number of hydrogen-bond donors (Lipinski definition) is 1. The first-order chi connectivity index (χ1) is 12.4. The Morgan fingerprint density at radius 3 is 2.81 bits per heavy atom. The highest BCUT2D eigenvalue weighted by Crippen LogP contribution is 2.31. The molecular formula is C18H18ClN5O2. The Morgan fingerprint density at radius 1 is 1.27 bits per heavy atom. The molecule has 26 heavy (non-hydrogen) atoms. The predicted molar refractivity (Wildman–Crippen MR) is 101 cm³/mol. The number of aryl methyl sites for hydroxylation is 1. The quantitative estimate of drug-likeness (QED) is 0.579. The van der Waals surface area contributed by atoms with Crippen LogP contribution in [0.1, 0.15) is 19.5 Å². The summed E-state index contributed by atoms with van der Waals surface area (Å²) in [5, 5.41) is 10.6. The van der Waals surface area contributed by atoms with Crippen LogP contribution in [0.3, 0.4) is 0 Å². The molecule has 0 amide bonds. The van der Waals surface area contributed by atoms with Gasteiger partial charge in [0.1, 0.15) is 5.02 Å². The lowest BCUT2D eigenvalue weighted by molar-refractivity contribution is 0.261. The summed E-state index contributed by atoms with van der Waals surface area (Å²) in [7, 11) is 0. The van der Waals surface area contributed by atoms with Gasteiger partial charge in [-0.15, -0.1) is 0 Å². The molecule has 0 aliphatic carbocycles. The second kappa shape index (κ2) is 6.17. The van der Waals surface area contributed by atoms with Crippen molar-refractivity contribution in [2.45, 2.75) is 20.8 Å². The van der Waals surface area contributed by atoms with Crippen LogP contribution in [-0.2, 0) is 0 Å². The topological polar surface area (TPSA) is 92.0 Å². The minimum Gasteiger partial charge on any atom is -0.476 e. The van der Waals surface area contributed by atoms with E-state index >= 15 is 0 Å². The van der Waals surface area contributed by atoms with E-state index < -0.39 is 0 Å². The number of aromatic nitrogens is 4. The van der Waals surface area contributed by atoms with Crippen LogP contribution in [-0.4, -0.2) is 26.5 Å². The first kappa shape index (κ1) is 16.7. The zero-order chi connectivity index (χ0) is 18.4. The molecule has 7 nitrogen and oxygen atoms in total. The van der Waals surface area contributed by atoms with Gasteiger partial charge in [0.15, 0.2) is 11.4 Å². The Labute approximate surface area is 154 Å². The Bertz CT molecular complexity index is 1120. The third-order valence-corrected chi connectivity index (χ3v) is 4.35. The Morgan fingerprint density at radius 2 is 2.08 bits per heavy atom. The highest BCUT2D eigenvalue weighted by Gasteiger charge is 2.15. The van der Waals surface area contributed by atoms with E-state index in [2.05, 4.69) is 29.1 Å². The minimum atomic E-state index is 0.366. The molecule has 0 aliphatic rings. The van der Waals surface area contributed by atoms with Gasteiger partial charge in [-0.05, 0) is 25.0 Å². The molecule has 0 aliphatic heterocycles. The van der Waals surface area contributed by atoms with Crippen molar-refractivity contribution in [2.24, 2.45) is 5.92 Å². The largest absolute Gasteiger partial charge is 0.476 e. The van der Waals surface area contributed by atoms with Gasteiger partial charge in [0.05, 0.1) is 35.1 Å². The first-order valence-electron chi connectivity index (χ1n) is 8.27. The van der Waals surface area contributed by atoms with Crippen molar-refractivity contribution in [3.63, 3.8) is 0 Å². The maximum atomic E-state index is 6.35. The molecule has 3 heterocycles. The predicted octanol–water partition coefficient (Wildman–Crippen LogP) is 4.14. The van der Waals surface area contributed by atoms with Gasteiger partial charge in [-0.3, -0.25) is 0 Å². The lowest BCUT2D eigenvalue weighted by Crippen LogP contribution is -2.06. The van der Waals surface area contributed by atoms with Gasteiger partial charge < -0.3 is 15.0 Å². The number of nitrogens with two attached hydrogens (primary N) is 1. The smallest absolute Gasteiger partial charge is 0.232 e. The average Bonchev–Trinajstić information content (AvgIpc) is 3.13. The number of anilines is 1. The molecule has 0 unspecified atom stereocenters. The summed E-state index contributed by atoms with van der Waals surface area (Å²) in [6.07, 6.45) is 1.69. The van der Waals surface area contributed by atoms with Crippen molar-refractivity contribution in [3.05, 3.63) is 35.1 Å². The number of halogens is 1. The lowest BCUT2D eigenvalue weighted by Gasteiger charge is -2.10. The van der Waals surface area contributed by atoms with Crippen molar-refractivity contribution in [3.8, 4) is 11.6 Å². The molecule has 0 radical (unpaired) electrons. The second-order valence-corrected chi connectivity index (χ2v) is 7.02. The molecule has 2 N–H and O–H groups in total. The summed E-state index contributed by atoms with van der Waals surface area (Å²) in [6.45, 7) is 6.63. The number of hydrogen-bond acceptors (Lipinski definition) is 6. The molecule has 0 fully saturated rings. The molecule has 3 aromatic heterocycles. The molecular weight excluding hydrogens is 354 g/mol. The number of benzene rings is 1. The van der Waals surface area contributed by atoms with E-state index in [4.69, 9.17) is 26.6 Å². The molecule has 0 bridgehead atoms. The fourth-order valence-electron chi connectivity index (χ4n) is 2.79. The number of fused-ring (bicyclic) bond motifs is 2. The van der Waals surface area contributed by atoms with Crippen LogP contribution in [0.2, 0.25) is 5.02 Å². The van der Waals surface area contributed by atoms with Crippen molar-refractivity contribution in [1.29, 1.82) is 0 Å². The SMILES string of the molecule is Cc1nn(-c2cnc(OCC(C)C)c(Cl)c2)c2cc3onc(N)c3cc12. The van der Waals surface area contributed by atoms with E-state index in [1.54, 1.807) is 16.9 Å². The number of pyridine rings is 1. The van der Waals surface area contributed by atoms with Gasteiger partial charge in [0.2, 0.25) is 5.88 Å². The molecule has 0 saturated carbocycles. The van der Waals surface area contributed by atoms with Gasteiger partial charge in [0, 0.05) is 11.5 Å². The summed E-state index contributed by atoms with van der Waals surface area (Å²) >= 11 is 6.35. The molecule has 0 spiro atoms. The van der Waals surface area contributed by atoms with Crippen molar-refractivity contribution < 1.29 is 9.26 Å². The van der Waals surface area contributed by atoms with Gasteiger partial charge in [-0.1, -0.05) is 30.6 Å². The van der Waals surface area contributed by atoms with E-state index in [1.807, 2.05) is 19.1 Å². The van der Waals surface area contributed by atoms with E-state index in [-0.39, 0.29) is 0 Å². The van der Waals surface area contributed by atoms with Crippen molar-refractivity contribution >= 4 is 39.3 Å². The Kier molecular flexibility index (Phi) is 3.96. The zero-order valence-electron chi connectivity index (χ0n) is 14.7. The maximum absolute atomic E-state index is 6.35. The Balaban J connectivity index is 1.81. The highest BCUT2D eigenvalue weighted by molar-refractivity contribution is 6.32. The molecule has 0 saturated heterocycles. The van der Waals surface area contributed by atoms with Crippen molar-refractivity contribution in [1.82, 2.24) is 19.9 Å². The first-order valence-corrected chi connectivity index (χ1v) is 8.65. The monoisotopic (exact) mass is 371 g/mol. The highest BCUT2D eigenvalue weighted by atomic mass is 35.5. The van der Waals surface area contributed by atoms with E-state index in [0.29, 0.717) is 34.8 Å². The van der Waals surface area contributed by atoms with Crippen LogP contribution in [0.15, 0.2) is 28.9 Å². The average molecular weight is 372 g/mol. The number of nitrogen functional groups attached to an aromatic ring is 1. The maximum Gasteiger partial charge on any atom is 0.232 e. The molecule has 4 aromatic rings. The second-order valence-electron chi connectivity index (χ2n) is 6.62. The third kappa shape index (κ3) is 2.74. The zero-order valence-corrected chi connectivity index (χ0v) is 15.4. The van der Waals surface area contributed by atoms with Crippen LogP contribution >= 0.6 is 11.6 Å². The molecule has 4 rings (SSSR count). The van der Waals surface area contributed by atoms with Crippen molar-refractivity contribution in [2.75, 3.05) is 12.3 Å².